The van der Waals surface area contributed by atoms with Crippen molar-refractivity contribution in [3.05, 3.63) is 35.9 Å². The van der Waals surface area contributed by atoms with Crippen LogP contribution in [0.25, 0.3) is 0 Å². The monoisotopic (exact) mass is 287 g/mol. The zero-order valence-corrected chi connectivity index (χ0v) is 11.8. The molecule has 7 heteroatoms. The van der Waals surface area contributed by atoms with Gasteiger partial charge in [0.25, 0.3) is 0 Å². The highest BCUT2D eigenvalue weighted by atomic mass is 32.2. The van der Waals surface area contributed by atoms with Gasteiger partial charge in [-0.2, -0.15) is 13.1 Å². The van der Waals surface area contributed by atoms with Crippen LogP contribution in [0.5, 0.6) is 0 Å². The lowest BCUT2D eigenvalue weighted by Crippen LogP contribution is -2.39. The number of ether oxygens (including phenoxy) is 2. The molecule has 0 aliphatic carbocycles. The summed E-state index contributed by atoms with van der Waals surface area (Å²) < 4.78 is 40.9. The van der Waals surface area contributed by atoms with Crippen molar-refractivity contribution in [2.24, 2.45) is 0 Å². The third-order valence-corrected chi connectivity index (χ3v) is 3.66. The van der Waals surface area contributed by atoms with Crippen molar-refractivity contribution in [3.63, 3.8) is 0 Å². The van der Waals surface area contributed by atoms with Crippen LogP contribution < -0.4 is 4.72 Å². The molecule has 0 spiro atoms. The number of hydrogen-bond donors (Lipinski definition) is 1. The van der Waals surface area contributed by atoms with Crippen LogP contribution in [0.15, 0.2) is 30.3 Å². The van der Waals surface area contributed by atoms with Crippen LogP contribution in [0.1, 0.15) is 25.5 Å². The van der Waals surface area contributed by atoms with Crippen molar-refractivity contribution in [2.45, 2.75) is 32.0 Å². The Labute approximate surface area is 112 Å². The van der Waals surface area contributed by atoms with Gasteiger partial charge in [0.1, 0.15) is 6.10 Å². The Balaban J connectivity index is 2.25. The van der Waals surface area contributed by atoms with Crippen molar-refractivity contribution in [3.8, 4) is 0 Å². The second-order valence-corrected chi connectivity index (χ2v) is 6.10. The fourth-order valence-corrected chi connectivity index (χ4v) is 2.48. The van der Waals surface area contributed by atoms with Crippen molar-refractivity contribution in [1.29, 1.82) is 0 Å². The van der Waals surface area contributed by atoms with Crippen molar-refractivity contribution < 1.29 is 22.1 Å². The molecule has 19 heavy (non-hydrogen) atoms. The van der Waals surface area contributed by atoms with E-state index in [0.29, 0.717) is 0 Å². The average Bonchev–Trinajstić information content (AvgIpc) is 2.65. The molecule has 2 atom stereocenters. The topological polar surface area (TPSA) is 73.9 Å². The summed E-state index contributed by atoms with van der Waals surface area (Å²) in [7, 11) is -2.76. The highest BCUT2D eigenvalue weighted by Crippen LogP contribution is 2.37. The molecule has 0 amide bonds. The van der Waals surface area contributed by atoms with E-state index in [1.165, 1.54) is 0 Å². The maximum Gasteiger partial charge on any atom is 0.337 e. The van der Waals surface area contributed by atoms with Gasteiger partial charge in [-0.15, -0.1) is 0 Å². The van der Waals surface area contributed by atoms with Gasteiger partial charge >= 0.3 is 10.3 Å². The molecule has 1 heterocycles. The Morgan fingerprint density at radius 3 is 2.42 bits per heavy atom. The molecule has 2 rings (SSSR count). The zero-order valence-electron chi connectivity index (χ0n) is 11.0. The Kier molecular flexibility index (Phi) is 3.93. The van der Waals surface area contributed by atoms with E-state index < -0.39 is 28.4 Å². The van der Waals surface area contributed by atoms with Crippen molar-refractivity contribution in [2.75, 3.05) is 7.11 Å². The van der Waals surface area contributed by atoms with Gasteiger partial charge in [-0.1, -0.05) is 30.3 Å². The molecule has 1 aliphatic rings. The summed E-state index contributed by atoms with van der Waals surface area (Å²) in [6.07, 6.45) is -1.36. The van der Waals surface area contributed by atoms with Gasteiger partial charge in [0.05, 0.1) is 7.11 Å². The van der Waals surface area contributed by atoms with Crippen molar-refractivity contribution >= 4 is 10.3 Å². The molecule has 0 unspecified atom stereocenters. The fourth-order valence-electron chi connectivity index (χ4n) is 1.92. The van der Waals surface area contributed by atoms with E-state index >= 15 is 0 Å². The maximum atomic E-state index is 11.5. The van der Waals surface area contributed by atoms with E-state index in [4.69, 9.17) is 9.47 Å². The fraction of sp³-hybridized carbons (Fsp3) is 0.500. The van der Waals surface area contributed by atoms with Crippen molar-refractivity contribution in [1.82, 2.24) is 4.72 Å². The first-order chi connectivity index (χ1) is 8.83. The molecule has 106 valence electrons. The van der Waals surface area contributed by atoms with Gasteiger partial charge in [0.15, 0.2) is 12.0 Å². The SMILES string of the molecule is COS(=O)(=O)N[C@@H]1OC(C)(C)O[C@@H]1c1ccccc1. The minimum absolute atomic E-state index is 0.527. The molecule has 1 saturated heterocycles. The summed E-state index contributed by atoms with van der Waals surface area (Å²) in [6.45, 7) is 3.45. The number of hydrogen-bond acceptors (Lipinski definition) is 5. The molecule has 1 N–H and O–H groups in total. The van der Waals surface area contributed by atoms with Gasteiger partial charge in [0, 0.05) is 0 Å². The summed E-state index contributed by atoms with van der Waals surface area (Å²) in [6, 6.07) is 9.28. The first kappa shape index (κ1) is 14.4. The highest BCUT2D eigenvalue weighted by molar-refractivity contribution is 7.84. The smallest absolute Gasteiger partial charge is 0.337 e. The lowest BCUT2D eigenvalue weighted by atomic mass is 10.1. The van der Waals surface area contributed by atoms with Crippen LogP contribution in [0.2, 0.25) is 0 Å². The van der Waals surface area contributed by atoms with E-state index in [2.05, 4.69) is 8.91 Å². The molecule has 6 nitrogen and oxygen atoms in total. The molecule has 0 saturated carbocycles. The number of nitrogens with one attached hydrogen (secondary N) is 1. The number of rotatable bonds is 4. The summed E-state index contributed by atoms with van der Waals surface area (Å²) >= 11 is 0. The van der Waals surface area contributed by atoms with E-state index in [1.54, 1.807) is 13.8 Å². The summed E-state index contributed by atoms with van der Waals surface area (Å²) in [5.41, 5.74) is 0.830. The van der Waals surface area contributed by atoms with E-state index in [9.17, 15) is 8.42 Å². The minimum Gasteiger partial charge on any atom is -0.338 e. The Bertz CT molecular complexity index is 528. The molecule has 0 radical (unpaired) electrons. The Morgan fingerprint density at radius 2 is 1.84 bits per heavy atom. The third-order valence-electron chi connectivity index (χ3n) is 2.70. The molecular weight excluding hydrogens is 270 g/mol. The molecular formula is C12H17NO5S. The Hall–Kier alpha value is -0.990. The van der Waals surface area contributed by atoms with Crippen LogP contribution in [-0.4, -0.2) is 27.5 Å². The largest absolute Gasteiger partial charge is 0.338 e. The molecule has 1 fully saturated rings. The zero-order chi connectivity index (χ0) is 14.1. The molecule has 1 aliphatic heterocycles. The van der Waals surface area contributed by atoms with Gasteiger partial charge in [0.2, 0.25) is 0 Å². The molecule has 0 aromatic heterocycles. The average molecular weight is 287 g/mol. The predicted octanol–water partition coefficient (Wildman–Crippen LogP) is 1.32. The standard InChI is InChI=1S/C12H17NO5S/c1-12(2)17-10(9-7-5-4-6-8-9)11(18-12)13-19(14,15)16-3/h4-8,10-11,13H,1-3H3/t10-,11-/m1/s1. The molecule has 1 aromatic carbocycles. The first-order valence-electron chi connectivity index (χ1n) is 5.81. The first-order valence-corrected chi connectivity index (χ1v) is 7.22. The third kappa shape index (κ3) is 3.52. The van der Waals surface area contributed by atoms with Gasteiger partial charge in [-0.3, -0.25) is 4.18 Å². The van der Waals surface area contributed by atoms with Crippen LogP contribution in [0.3, 0.4) is 0 Å². The molecule has 0 bridgehead atoms. The number of benzene rings is 1. The molecule has 1 aromatic rings. The predicted molar refractivity (Wildman–Crippen MR) is 68.3 cm³/mol. The van der Waals surface area contributed by atoms with Crippen LogP contribution in [0.4, 0.5) is 0 Å². The van der Waals surface area contributed by atoms with E-state index in [-0.39, 0.29) is 0 Å². The summed E-state index contributed by atoms with van der Waals surface area (Å²) in [5.74, 6) is -0.874. The van der Waals surface area contributed by atoms with Crippen LogP contribution in [-0.2, 0) is 24.0 Å². The lowest BCUT2D eigenvalue weighted by Gasteiger charge is -2.17. The second kappa shape index (κ2) is 5.18. The highest BCUT2D eigenvalue weighted by Gasteiger charge is 2.43. The van der Waals surface area contributed by atoms with Gasteiger partial charge in [-0.25, -0.2) is 0 Å². The quantitative estimate of drug-likeness (QED) is 0.904. The van der Waals surface area contributed by atoms with Crippen LogP contribution in [0, 0.1) is 0 Å². The normalized spacial score (nSPS) is 26.5. The maximum absolute atomic E-state index is 11.5. The summed E-state index contributed by atoms with van der Waals surface area (Å²) in [4.78, 5) is 0. The van der Waals surface area contributed by atoms with Crippen LogP contribution >= 0.6 is 0 Å². The Morgan fingerprint density at radius 1 is 1.21 bits per heavy atom. The second-order valence-electron chi connectivity index (χ2n) is 4.63. The van der Waals surface area contributed by atoms with Gasteiger partial charge in [-0.05, 0) is 19.4 Å². The lowest BCUT2D eigenvalue weighted by molar-refractivity contribution is -0.147. The van der Waals surface area contributed by atoms with Gasteiger partial charge < -0.3 is 9.47 Å². The van der Waals surface area contributed by atoms with E-state index in [0.717, 1.165) is 12.7 Å². The minimum atomic E-state index is -3.85. The summed E-state index contributed by atoms with van der Waals surface area (Å²) in [5, 5.41) is 0. The van der Waals surface area contributed by atoms with E-state index in [1.807, 2.05) is 30.3 Å².